The van der Waals surface area contributed by atoms with Gasteiger partial charge >= 0.3 is 0 Å². The van der Waals surface area contributed by atoms with Crippen LogP contribution in [0.5, 0.6) is 0 Å². The van der Waals surface area contributed by atoms with Crippen molar-refractivity contribution in [3.63, 3.8) is 0 Å². The van der Waals surface area contributed by atoms with Crippen LogP contribution >= 0.6 is 0 Å². The quantitative estimate of drug-likeness (QED) is 0.518. The van der Waals surface area contributed by atoms with Crippen LogP contribution in [-0.2, 0) is 9.59 Å². The van der Waals surface area contributed by atoms with Gasteiger partial charge in [-0.15, -0.1) is 0 Å². The van der Waals surface area contributed by atoms with E-state index in [1.165, 1.54) is 0 Å². The number of nitrogens with one attached hydrogen (secondary N) is 1. The molecule has 0 saturated heterocycles. The van der Waals surface area contributed by atoms with Crippen molar-refractivity contribution in [2.45, 2.75) is 58.8 Å². The van der Waals surface area contributed by atoms with Gasteiger partial charge < -0.3 is 5.32 Å². The van der Waals surface area contributed by atoms with Crippen molar-refractivity contribution in [2.24, 2.45) is 39.5 Å². The summed E-state index contributed by atoms with van der Waals surface area (Å²) in [6, 6.07) is 16.6. The summed E-state index contributed by atoms with van der Waals surface area (Å²) in [6.07, 6.45) is 6.16. The topological polar surface area (TPSA) is 75.6 Å². The van der Waals surface area contributed by atoms with Gasteiger partial charge in [0, 0.05) is 47.6 Å². The molecule has 6 rings (SSSR count). The number of anilines is 1. The molecule has 1 amide bonds. The van der Waals surface area contributed by atoms with Crippen LogP contribution in [0.2, 0.25) is 0 Å². The highest BCUT2D eigenvalue weighted by Crippen LogP contribution is 2.63. The lowest BCUT2D eigenvalue weighted by Gasteiger charge is -2.56. The van der Waals surface area contributed by atoms with E-state index in [9.17, 15) is 14.4 Å². The van der Waals surface area contributed by atoms with Crippen LogP contribution in [0.3, 0.4) is 0 Å². The number of aliphatic imine (C=N–C) groups is 1. The van der Waals surface area contributed by atoms with Crippen LogP contribution in [0.4, 0.5) is 5.69 Å². The van der Waals surface area contributed by atoms with E-state index >= 15 is 0 Å². The zero-order valence-electron chi connectivity index (χ0n) is 21.8. The fourth-order valence-electron chi connectivity index (χ4n) is 8.39. The lowest BCUT2D eigenvalue weighted by molar-refractivity contribution is -0.127. The molecule has 0 spiro atoms. The minimum absolute atomic E-state index is 0.0336. The minimum Gasteiger partial charge on any atom is -0.325 e. The summed E-state index contributed by atoms with van der Waals surface area (Å²) in [4.78, 5) is 44.1. The molecule has 0 aromatic heterocycles. The number of para-hydroxylation sites is 1. The van der Waals surface area contributed by atoms with Crippen molar-refractivity contribution in [3.05, 3.63) is 65.7 Å². The van der Waals surface area contributed by atoms with Crippen LogP contribution in [0.25, 0.3) is 0 Å². The number of benzene rings is 2. The van der Waals surface area contributed by atoms with E-state index in [-0.39, 0.29) is 28.4 Å². The van der Waals surface area contributed by atoms with Crippen molar-refractivity contribution in [3.8, 4) is 0 Å². The molecule has 0 bridgehead atoms. The third-order valence-electron chi connectivity index (χ3n) is 10.5. The Morgan fingerprint density at radius 1 is 0.919 bits per heavy atom. The van der Waals surface area contributed by atoms with Crippen LogP contribution in [0.1, 0.15) is 74.7 Å². The van der Waals surface area contributed by atoms with Crippen LogP contribution in [0, 0.1) is 34.5 Å². The molecular weight excluding hydrogens is 460 g/mol. The number of carbonyl (C=O) groups excluding carboxylic acids is 3. The van der Waals surface area contributed by atoms with Crippen LogP contribution < -0.4 is 5.32 Å². The Morgan fingerprint density at radius 3 is 2.49 bits per heavy atom. The first-order valence-electron chi connectivity index (χ1n) is 13.9. The highest BCUT2D eigenvalue weighted by molar-refractivity contribution is 6.14. The summed E-state index contributed by atoms with van der Waals surface area (Å²) in [7, 11) is 0. The molecule has 1 heterocycles. The van der Waals surface area contributed by atoms with E-state index in [0.29, 0.717) is 53.2 Å². The van der Waals surface area contributed by atoms with Gasteiger partial charge in [0.1, 0.15) is 5.78 Å². The smallest absolute Gasteiger partial charge is 0.228 e. The molecule has 2 aromatic rings. The average molecular weight is 497 g/mol. The second-order valence-electron chi connectivity index (χ2n) is 12.2. The fourth-order valence-corrected chi connectivity index (χ4v) is 8.39. The van der Waals surface area contributed by atoms with E-state index in [2.05, 4.69) is 19.2 Å². The number of hydrogen-bond donors (Lipinski definition) is 1. The van der Waals surface area contributed by atoms with Gasteiger partial charge in [-0.25, -0.2) is 0 Å². The third-order valence-corrected chi connectivity index (χ3v) is 10.5. The first-order valence-corrected chi connectivity index (χ1v) is 13.9. The van der Waals surface area contributed by atoms with Crippen molar-refractivity contribution in [1.82, 2.24) is 0 Å². The Morgan fingerprint density at radius 2 is 1.68 bits per heavy atom. The van der Waals surface area contributed by atoms with Gasteiger partial charge in [-0.2, -0.15) is 0 Å². The molecule has 2 aromatic carbocycles. The van der Waals surface area contributed by atoms with E-state index in [0.717, 1.165) is 44.4 Å². The molecule has 3 saturated carbocycles. The number of Topliss-reactive ketones (excluding diaryl/α,β-unsaturated/α-hetero) is 1. The molecule has 0 radical (unpaired) electrons. The molecule has 192 valence electrons. The largest absolute Gasteiger partial charge is 0.325 e. The van der Waals surface area contributed by atoms with E-state index in [1.807, 2.05) is 48.5 Å². The average Bonchev–Trinajstić information content (AvgIpc) is 3.27. The first-order chi connectivity index (χ1) is 17.8. The summed E-state index contributed by atoms with van der Waals surface area (Å²) in [5, 5.41) is 3.17. The van der Waals surface area contributed by atoms with E-state index < -0.39 is 0 Å². The van der Waals surface area contributed by atoms with Gasteiger partial charge in [0.15, 0.2) is 5.78 Å². The Balaban J connectivity index is 1.23. The number of ketones is 2. The molecule has 1 N–H and O–H groups in total. The normalized spacial score (nSPS) is 34.5. The molecule has 5 heteroatoms. The van der Waals surface area contributed by atoms with Gasteiger partial charge in [-0.3, -0.25) is 19.4 Å². The number of carbonyl (C=O) groups is 3. The minimum atomic E-state index is -0.0809. The maximum atomic E-state index is 13.8. The lowest BCUT2D eigenvalue weighted by Crippen LogP contribution is -2.55. The van der Waals surface area contributed by atoms with E-state index in [1.54, 1.807) is 6.07 Å². The molecule has 4 aliphatic rings. The predicted molar refractivity (Wildman–Crippen MR) is 145 cm³/mol. The van der Waals surface area contributed by atoms with Gasteiger partial charge in [-0.05, 0) is 67.4 Å². The summed E-state index contributed by atoms with van der Waals surface area (Å²) >= 11 is 0. The number of nitrogens with zero attached hydrogens (tertiary/aromatic N) is 1. The monoisotopic (exact) mass is 496 g/mol. The van der Waals surface area contributed by atoms with Crippen LogP contribution in [0.15, 0.2) is 59.6 Å². The Hall–Kier alpha value is -3.08. The molecule has 37 heavy (non-hydrogen) atoms. The zero-order chi connectivity index (χ0) is 25.8. The number of rotatable bonds is 4. The number of fused-ring (bicyclic) bond motifs is 5. The number of amides is 1. The molecule has 5 nitrogen and oxygen atoms in total. The van der Waals surface area contributed by atoms with Gasteiger partial charge in [0.2, 0.25) is 5.91 Å². The summed E-state index contributed by atoms with van der Waals surface area (Å²) in [5.41, 5.74) is 2.84. The molecule has 1 aliphatic heterocycles. The lowest BCUT2D eigenvalue weighted by atomic mass is 9.49. The SMILES string of the molecule is C[C@]12CC[C@H]3[C@@H](CN=C4CC(=O)CC[C@@]43C)[C@@H]1CC[C@@H]2C(=O)Nc1ccccc1C(=O)c1ccccc1. The molecule has 3 fully saturated rings. The summed E-state index contributed by atoms with van der Waals surface area (Å²) in [5.74, 6) is 1.70. The Bertz CT molecular complexity index is 1280. The fraction of sp³-hybridized carbons (Fsp3) is 0.500. The second-order valence-corrected chi connectivity index (χ2v) is 12.2. The van der Waals surface area contributed by atoms with Gasteiger partial charge in [0.05, 0.1) is 5.69 Å². The molecule has 6 atom stereocenters. The highest BCUT2D eigenvalue weighted by atomic mass is 16.2. The van der Waals surface area contributed by atoms with Crippen molar-refractivity contribution in [1.29, 1.82) is 0 Å². The molecule has 0 unspecified atom stereocenters. The maximum absolute atomic E-state index is 13.8. The van der Waals surface area contributed by atoms with Crippen LogP contribution in [-0.4, -0.2) is 29.7 Å². The van der Waals surface area contributed by atoms with Crippen molar-refractivity contribution in [2.75, 3.05) is 11.9 Å². The van der Waals surface area contributed by atoms with Crippen molar-refractivity contribution < 1.29 is 14.4 Å². The molecular formula is C32H36N2O3. The number of hydrogen-bond acceptors (Lipinski definition) is 4. The van der Waals surface area contributed by atoms with Gasteiger partial charge in [0.25, 0.3) is 0 Å². The summed E-state index contributed by atoms with van der Waals surface area (Å²) in [6.45, 7) is 5.46. The zero-order valence-corrected chi connectivity index (χ0v) is 21.8. The van der Waals surface area contributed by atoms with Crippen molar-refractivity contribution >= 4 is 28.9 Å². The highest BCUT2D eigenvalue weighted by Gasteiger charge is 2.60. The Kier molecular flexibility index (Phi) is 5.93. The van der Waals surface area contributed by atoms with Gasteiger partial charge in [-0.1, -0.05) is 56.3 Å². The maximum Gasteiger partial charge on any atom is 0.228 e. The standard InChI is InChI=1S/C32H36N2O3/c1-31-17-15-25-23(19-33-28-18-21(35)14-16-32(25,28)2)24(31)12-13-26(31)30(37)34-27-11-7-6-10-22(27)29(36)20-8-4-3-5-9-20/h3-11,23-26H,12-19H2,1-2H3,(H,34,37)/t23-,24-,25-,26+,31-,32+/m0/s1. The Labute approximate surface area is 219 Å². The molecule has 3 aliphatic carbocycles. The van der Waals surface area contributed by atoms with E-state index in [4.69, 9.17) is 4.99 Å². The third kappa shape index (κ3) is 3.89. The second kappa shape index (κ2) is 9.04. The first kappa shape index (κ1) is 24.3. The predicted octanol–water partition coefficient (Wildman–Crippen LogP) is 6.13. The summed E-state index contributed by atoms with van der Waals surface area (Å²) < 4.78 is 0.